The second-order valence-corrected chi connectivity index (χ2v) is 12.8. The molecule has 3 N–H and O–H groups in total. The highest BCUT2D eigenvalue weighted by Crippen LogP contribution is 2.39. The molecule has 0 aliphatic carbocycles. The number of nitrogens with zero attached hydrogens (tertiary/aromatic N) is 4. The number of H-pyrrole nitrogens is 1. The van der Waals surface area contributed by atoms with Crippen molar-refractivity contribution in [2.24, 2.45) is 11.1 Å². The quantitative estimate of drug-likeness (QED) is 0.295. The Kier molecular flexibility index (Phi) is 6.89. The van der Waals surface area contributed by atoms with Gasteiger partial charge in [0.1, 0.15) is 21.3 Å². The van der Waals surface area contributed by atoms with Crippen molar-refractivity contribution in [3.05, 3.63) is 58.5 Å². The largest absolute Gasteiger partial charge is 0.493 e. The van der Waals surface area contributed by atoms with Crippen LogP contribution in [0.1, 0.15) is 18.7 Å². The molecule has 1 fully saturated rings. The third-order valence-corrected chi connectivity index (χ3v) is 8.20. The lowest BCUT2D eigenvalue weighted by molar-refractivity contribution is 0.204. The average Bonchev–Trinajstić information content (AvgIpc) is 3.23. The van der Waals surface area contributed by atoms with E-state index < -0.39 is 16.1 Å². The van der Waals surface area contributed by atoms with Crippen molar-refractivity contribution in [1.29, 1.82) is 0 Å². The van der Waals surface area contributed by atoms with Crippen molar-refractivity contribution in [1.82, 2.24) is 20.2 Å². The fourth-order valence-electron chi connectivity index (χ4n) is 4.86. The molecule has 3 aromatic heterocycles. The molecule has 0 amide bonds. The molecular weight excluding hydrogens is 551 g/mol. The molecule has 1 saturated heterocycles. The van der Waals surface area contributed by atoms with Gasteiger partial charge in [-0.05, 0) is 18.2 Å². The minimum Gasteiger partial charge on any atom is -0.493 e. The van der Waals surface area contributed by atoms with Gasteiger partial charge in [0, 0.05) is 65.9 Å². The summed E-state index contributed by atoms with van der Waals surface area (Å²) in [6.07, 6.45) is 4.94. The van der Waals surface area contributed by atoms with E-state index in [1.54, 1.807) is 18.3 Å². The number of methoxy groups -OCH3 is 1. The lowest BCUT2D eigenvalue weighted by atomic mass is 9.84. The number of fused-ring (bicyclic) bond motifs is 1. The Balaban J connectivity index is 1.40. The number of rotatable bonds is 8. The van der Waals surface area contributed by atoms with Crippen LogP contribution < -0.4 is 20.1 Å². The van der Waals surface area contributed by atoms with Crippen molar-refractivity contribution < 1.29 is 17.9 Å². The van der Waals surface area contributed by atoms with Gasteiger partial charge in [0.05, 0.1) is 28.4 Å². The SMILES string of the molecule is COc1cc2[nH]nc(-c3ccc(N4CC(C)(CS(C)(=O)=O)C4)nc3)c2cc1O[C@H](N)c1c(Cl)cncc1Cl. The summed E-state index contributed by atoms with van der Waals surface area (Å²) >= 11 is 12.5. The number of aromatic nitrogens is 4. The van der Waals surface area contributed by atoms with Crippen molar-refractivity contribution in [2.75, 3.05) is 37.1 Å². The fourth-order valence-corrected chi connectivity index (χ4v) is 6.89. The van der Waals surface area contributed by atoms with E-state index in [2.05, 4.69) is 25.1 Å². The molecule has 1 aromatic carbocycles. The molecule has 13 heteroatoms. The second kappa shape index (κ2) is 9.88. The third-order valence-electron chi connectivity index (χ3n) is 6.38. The maximum Gasteiger partial charge on any atom is 0.177 e. The third kappa shape index (κ3) is 5.24. The van der Waals surface area contributed by atoms with E-state index in [0.717, 1.165) is 22.3 Å². The second-order valence-electron chi connectivity index (χ2n) is 9.82. The minimum absolute atomic E-state index is 0.158. The normalized spacial score (nSPS) is 15.8. The van der Waals surface area contributed by atoms with Gasteiger partial charge in [0.15, 0.2) is 17.7 Å². The van der Waals surface area contributed by atoms with Crippen LogP contribution in [0.2, 0.25) is 10.0 Å². The van der Waals surface area contributed by atoms with Crippen LogP contribution in [-0.4, -0.2) is 60.8 Å². The highest BCUT2D eigenvalue weighted by molar-refractivity contribution is 7.90. The van der Waals surface area contributed by atoms with Crippen molar-refractivity contribution in [3.8, 4) is 22.8 Å². The number of nitrogens with one attached hydrogen (secondary N) is 1. The Morgan fingerprint density at radius 2 is 1.87 bits per heavy atom. The molecule has 0 bridgehead atoms. The highest BCUT2D eigenvalue weighted by atomic mass is 35.5. The molecule has 38 heavy (non-hydrogen) atoms. The molecule has 5 rings (SSSR count). The van der Waals surface area contributed by atoms with Crippen LogP contribution >= 0.6 is 23.2 Å². The molecule has 4 aromatic rings. The number of pyridine rings is 2. The van der Waals surface area contributed by atoms with Gasteiger partial charge in [0.2, 0.25) is 0 Å². The molecule has 0 unspecified atom stereocenters. The average molecular weight is 577 g/mol. The molecule has 0 spiro atoms. The van der Waals surface area contributed by atoms with E-state index in [4.69, 9.17) is 38.4 Å². The van der Waals surface area contributed by atoms with Crippen LogP contribution in [0.25, 0.3) is 22.2 Å². The molecule has 1 aliphatic rings. The number of hydrogen-bond acceptors (Lipinski definition) is 9. The summed E-state index contributed by atoms with van der Waals surface area (Å²) in [7, 11) is -1.51. The minimum atomic E-state index is -3.04. The summed E-state index contributed by atoms with van der Waals surface area (Å²) in [5.41, 5.74) is 8.63. The molecule has 0 saturated carbocycles. The lowest BCUT2D eigenvalue weighted by Gasteiger charge is -2.48. The van der Waals surface area contributed by atoms with E-state index in [1.165, 1.54) is 25.8 Å². The van der Waals surface area contributed by atoms with Gasteiger partial charge in [-0.15, -0.1) is 0 Å². The number of anilines is 1. The van der Waals surface area contributed by atoms with Gasteiger partial charge >= 0.3 is 0 Å². The fraction of sp³-hybridized carbons (Fsp3) is 0.320. The standard InChI is InChI=1S/C25H26Cl2N6O4S/c1-25(13-38(3,34)35)11-33(12-25)21-5-4-14(8-30-21)23-15-6-20(19(36-2)7-18(15)31-32-23)37-24(28)22-16(26)9-29-10-17(22)27/h4-10,24H,11-13,28H2,1-3H3,(H,31,32)/t24-/m0/s1. The van der Waals surface area contributed by atoms with Crippen LogP contribution in [0.15, 0.2) is 42.9 Å². The van der Waals surface area contributed by atoms with Crippen LogP contribution in [0, 0.1) is 5.41 Å². The zero-order valence-electron chi connectivity index (χ0n) is 20.9. The smallest absolute Gasteiger partial charge is 0.177 e. The predicted molar refractivity (Wildman–Crippen MR) is 148 cm³/mol. The van der Waals surface area contributed by atoms with Gasteiger partial charge in [-0.3, -0.25) is 15.8 Å². The van der Waals surface area contributed by atoms with E-state index >= 15 is 0 Å². The molecule has 200 valence electrons. The molecule has 0 radical (unpaired) electrons. The molecule has 4 heterocycles. The highest BCUT2D eigenvalue weighted by Gasteiger charge is 2.41. The topological polar surface area (TPSA) is 136 Å². The van der Waals surface area contributed by atoms with Crippen LogP contribution in [0.4, 0.5) is 5.82 Å². The Bertz CT molecular complexity index is 1580. The maximum atomic E-state index is 11.7. The summed E-state index contributed by atoms with van der Waals surface area (Å²) < 4.78 is 35.0. The number of halogens is 2. The Morgan fingerprint density at radius 3 is 2.47 bits per heavy atom. The maximum absolute atomic E-state index is 11.7. The Labute approximate surface area is 230 Å². The zero-order valence-corrected chi connectivity index (χ0v) is 23.2. The summed E-state index contributed by atoms with van der Waals surface area (Å²) in [6, 6.07) is 7.39. The lowest BCUT2D eigenvalue weighted by Crippen LogP contribution is -2.58. The number of ether oxygens (including phenoxy) is 2. The first kappa shape index (κ1) is 26.5. The number of hydrogen-bond donors (Lipinski definition) is 2. The molecule has 1 atom stereocenters. The summed E-state index contributed by atoms with van der Waals surface area (Å²) in [5.74, 6) is 1.77. The first-order chi connectivity index (χ1) is 18.0. The molecule has 1 aliphatic heterocycles. The number of nitrogens with two attached hydrogens (primary N) is 1. The van der Waals surface area contributed by atoms with Gasteiger partial charge in [-0.2, -0.15) is 5.10 Å². The summed E-state index contributed by atoms with van der Waals surface area (Å²) in [4.78, 5) is 10.6. The Hall–Kier alpha value is -3.12. The van der Waals surface area contributed by atoms with E-state index in [9.17, 15) is 8.42 Å². The van der Waals surface area contributed by atoms with Crippen molar-refractivity contribution in [2.45, 2.75) is 13.2 Å². The number of sulfone groups is 1. The van der Waals surface area contributed by atoms with Crippen LogP contribution in [-0.2, 0) is 9.84 Å². The van der Waals surface area contributed by atoms with Gasteiger partial charge in [0.25, 0.3) is 0 Å². The molecular formula is C25H26Cl2N6O4S. The van der Waals surface area contributed by atoms with Crippen LogP contribution in [0.3, 0.4) is 0 Å². The van der Waals surface area contributed by atoms with E-state index in [1.807, 2.05) is 19.1 Å². The monoisotopic (exact) mass is 576 g/mol. The number of benzene rings is 1. The summed E-state index contributed by atoms with van der Waals surface area (Å²) in [5, 5.41) is 8.86. The summed E-state index contributed by atoms with van der Waals surface area (Å²) in [6.45, 7) is 3.24. The number of aromatic amines is 1. The van der Waals surface area contributed by atoms with Gasteiger partial charge < -0.3 is 14.4 Å². The van der Waals surface area contributed by atoms with Gasteiger partial charge in [-0.1, -0.05) is 30.1 Å². The Morgan fingerprint density at radius 1 is 1.16 bits per heavy atom. The predicted octanol–water partition coefficient (Wildman–Crippen LogP) is 4.24. The zero-order chi connectivity index (χ0) is 27.2. The van der Waals surface area contributed by atoms with E-state index in [0.29, 0.717) is 45.9 Å². The van der Waals surface area contributed by atoms with Crippen LogP contribution in [0.5, 0.6) is 11.5 Å². The van der Waals surface area contributed by atoms with Crippen molar-refractivity contribution in [3.63, 3.8) is 0 Å². The van der Waals surface area contributed by atoms with E-state index in [-0.39, 0.29) is 11.2 Å². The first-order valence-electron chi connectivity index (χ1n) is 11.6. The first-order valence-corrected chi connectivity index (χ1v) is 14.4. The molecule has 10 nitrogen and oxygen atoms in total. The van der Waals surface area contributed by atoms with Gasteiger partial charge in [-0.25, -0.2) is 13.4 Å². The van der Waals surface area contributed by atoms with Crippen molar-refractivity contribution >= 4 is 49.8 Å².